The van der Waals surface area contributed by atoms with Gasteiger partial charge in [-0.15, -0.1) is 0 Å². The van der Waals surface area contributed by atoms with Crippen LogP contribution < -0.4 is 5.32 Å². The number of nitrogens with zero attached hydrogens (tertiary/aromatic N) is 4. The number of carbonyl (C=O) groups is 2. The number of hydrogen-bond acceptors (Lipinski definition) is 7. The topological polar surface area (TPSA) is 119 Å². The summed E-state index contributed by atoms with van der Waals surface area (Å²) in [5, 5.41) is 18.4. The highest BCUT2D eigenvalue weighted by Crippen LogP contribution is 2.29. The molecule has 1 N–H and O–H groups in total. The second-order valence-corrected chi connectivity index (χ2v) is 11.9. The van der Waals surface area contributed by atoms with Crippen molar-refractivity contribution in [1.29, 1.82) is 5.26 Å². The molecule has 5 rings (SSSR count). The van der Waals surface area contributed by atoms with Gasteiger partial charge in [-0.05, 0) is 62.8 Å². The number of hydrogen-bond donors (Lipinski definition) is 1. The standard InChI is InChI=1S/C32H39N5O5/c1-32(2,3)42-31(39)36-13-4-14-41-29(21-36)30(38)35-26(19-33)17-22-5-7-23(8-6-22)24-9-10-25-20-34-37(28(25)18-24)27-11-15-40-16-12-27/h5-10,18,20,26-27,29H,4,11-17,21H2,1-3H3,(H,35,38)/t26-,29-/m0/s1. The van der Waals surface area contributed by atoms with Crippen molar-refractivity contribution in [2.75, 3.05) is 32.9 Å². The van der Waals surface area contributed by atoms with E-state index in [-0.39, 0.29) is 6.54 Å². The predicted molar refractivity (Wildman–Crippen MR) is 158 cm³/mol. The van der Waals surface area contributed by atoms with Gasteiger partial charge in [-0.25, -0.2) is 4.79 Å². The van der Waals surface area contributed by atoms with E-state index >= 15 is 0 Å². The number of amides is 2. The molecule has 2 aliphatic heterocycles. The Labute approximate surface area is 246 Å². The molecule has 2 aliphatic rings. The summed E-state index contributed by atoms with van der Waals surface area (Å²) in [5.74, 6) is -0.414. The van der Waals surface area contributed by atoms with Crippen LogP contribution in [0.25, 0.3) is 22.0 Å². The molecule has 2 fully saturated rings. The summed E-state index contributed by atoms with van der Waals surface area (Å²) in [4.78, 5) is 27.1. The molecule has 0 aliphatic carbocycles. The van der Waals surface area contributed by atoms with Crippen LogP contribution in [0.2, 0.25) is 0 Å². The van der Waals surface area contributed by atoms with Crippen molar-refractivity contribution in [3.63, 3.8) is 0 Å². The summed E-state index contributed by atoms with van der Waals surface area (Å²) in [6, 6.07) is 16.2. The number of nitriles is 1. The van der Waals surface area contributed by atoms with E-state index in [1.807, 2.05) is 30.5 Å². The van der Waals surface area contributed by atoms with Crippen LogP contribution in [0.4, 0.5) is 4.79 Å². The smallest absolute Gasteiger partial charge is 0.410 e. The van der Waals surface area contributed by atoms with Crippen LogP contribution in [0.1, 0.15) is 51.6 Å². The molecule has 10 heteroatoms. The van der Waals surface area contributed by atoms with Gasteiger partial charge in [0.1, 0.15) is 11.6 Å². The van der Waals surface area contributed by atoms with E-state index in [2.05, 4.69) is 39.4 Å². The molecule has 10 nitrogen and oxygen atoms in total. The Balaban J connectivity index is 1.22. The average molecular weight is 574 g/mol. The van der Waals surface area contributed by atoms with Gasteiger partial charge in [0.05, 0.1) is 30.4 Å². The second kappa shape index (κ2) is 12.9. The Morgan fingerprint density at radius 2 is 1.86 bits per heavy atom. The van der Waals surface area contributed by atoms with Crippen LogP contribution in [0.5, 0.6) is 0 Å². The molecule has 0 radical (unpaired) electrons. The lowest BCUT2D eigenvalue weighted by atomic mass is 10.00. The van der Waals surface area contributed by atoms with Gasteiger partial charge in [0.25, 0.3) is 5.91 Å². The largest absolute Gasteiger partial charge is 0.444 e. The molecule has 222 valence electrons. The van der Waals surface area contributed by atoms with E-state index < -0.39 is 29.7 Å². The van der Waals surface area contributed by atoms with Crippen molar-refractivity contribution >= 4 is 22.9 Å². The minimum absolute atomic E-state index is 0.0748. The zero-order valence-corrected chi connectivity index (χ0v) is 24.5. The van der Waals surface area contributed by atoms with Crippen molar-refractivity contribution in [2.24, 2.45) is 0 Å². The maximum atomic E-state index is 13.0. The molecule has 0 spiro atoms. The summed E-state index contributed by atoms with van der Waals surface area (Å²) in [5.41, 5.74) is 3.56. The maximum Gasteiger partial charge on any atom is 0.410 e. The van der Waals surface area contributed by atoms with E-state index in [0.29, 0.717) is 32.0 Å². The van der Waals surface area contributed by atoms with Crippen LogP contribution in [0, 0.1) is 11.3 Å². The van der Waals surface area contributed by atoms with Crippen LogP contribution in [0.3, 0.4) is 0 Å². The average Bonchev–Trinajstić information content (AvgIpc) is 3.23. The molecule has 42 heavy (non-hydrogen) atoms. The fourth-order valence-corrected chi connectivity index (χ4v) is 5.38. The summed E-state index contributed by atoms with van der Waals surface area (Å²) in [6.07, 6.45) is 3.44. The van der Waals surface area contributed by atoms with Crippen molar-refractivity contribution < 1.29 is 23.8 Å². The molecular weight excluding hydrogens is 534 g/mol. The van der Waals surface area contributed by atoms with Gasteiger partial charge in [0.2, 0.25) is 0 Å². The third-order valence-corrected chi connectivity index (χ3v) is 7.56. The Bertz CT molecular complexity index is 1430. The van der Waals surface area contributed by atoms with Crippen molar-refractivity contribution in [3.05, 3.63) is 54.2 Å². The number of carbonyl (C=O) groups excluding carboxylic acids is 2. The molecule has 0 bridgehead atoms. The summed E-state index contributed by atoms with van der Waals surface area (Å²) in [7, 11) is 0. The van der Waals surface area contributed by atoms with Gasteiger partial charge in [0, 0.05) is 38.2 Å². The van der Waals surface area contributed by atoms with E-state index in [9.17, 15) is 14.9 Å². The maximum absolute atomic E-state index is 13.0. The first-order chi connectivity index (χ1) is 20.2. The van der Waals surface area contributed by atoms with Crippen molar-refractivity contribution in [3.8, 4) is 17.2 Å². The molecule has 3 aromatic rings. The van der Waals surface area contributed by atoms with Crippen LogP contribution in [0.15, 0.2) is 48.7 Å². The Morgan fingerprint density at radius 1 is 1.12 bits per heavy atom. The molecule has 0 unspecified atom stereocenters. The minimum Gasteiger partial charge on any atom is -0.444 e. The molecule has 0 saturated carbocycles. The van der Waals surface area contributed by atoms with Crippen LogP contribution in [-0.2, 0) is 25.4 Å². The number of aromatic nitrogens is 2. The Morgan fingerprint density at radius 3 is 2.57 bits per heavy atom. The zero-order valence-electron chi connectivity index (χ0n) is 24.5. The molecule has 2 amide bonds. The fraction of sp³-hybridized carbons (Fsp3) is 0.500. The number of benzene rings is 2. The summed E-state index contributed by atoms with van der Waals surface area (Å²) in [6.45, 7) is 7.79. The minimum atomic E-state index is -0.872. The lowest BCUT2D eigenvalue weighted by molar-refractivity contribution is -0.133. The molecule has 2 aromatic carbocycles. The number of ether oxygens (including phenoxy) is 3. The van der Waals surface area contributed by atoms with Gasteiger partial charge < -0.3 is 24.4 Å². The quantitative estimate of drug-likeness (QED) is 0.457. The molecule has 2 atom stereocenters. The van der Waals surface area contributed by atoms with Crippen molar-refractivity contribution in [2.45, 2.75) is 70.2 Å². The summed E-state index contributed by atoms with van der Waals surface area (Å²) < 4.78 is 18.8. The number of rotatable bonds is 6. The van der Waals surface area contributed by atoms with Crippen LogP contribution >= 0.6 is 0 Å². The lowest BCUT2D eigenvalue weighted by Gasteiger charge is -2.27. The van der Waals surface area contributed by atoms with Gasteiger partial charge >= 0.3 is 6.09 Å². The third kappa shape index (κ3) is 7.27. The molecule has 1 aromatic heterocycles. The molecule has 3 heterocycles. The lowest BCUT2D eigenvalue weighted by Crippen LogP contribution is -2.48. The first-order valence-electron chi connectivity index (χ1n) is 14.6. The fourth-order valence-electron chi connectivity index (χ4n) is 5.38. The van der Waals surface area contributed by atoms with Crippen LogP contribution in [-0.4, -0.2) is 77.3 Å². The van der Waals surface area contributed by atoms with E-state index in [1.54, 1.807) is 20.8 Å². The predicted octanol–water partition coefficient (Wildman–Crippen LogP) is 4.63. The summed E-state index contributed by atoms with van der Waals surface area (Å²) >= 11 is 0. The monoisotopic (exact) mass is 573 g/mol. The second-order valence-electron chi connectivity index (χ2n) is 11.9. The first kappa shape index (κ1) is 29.5. The normalized spacial score (nSPS) is 19.1. The van der Waals surface area contributed by atoms with E-state index in [0.717, 1.165) is 53.6 Å². The SMILES string of the molecule is CC(C)(C)OC(=O)N1CCCO[C@H](C(=O)N[C@H](C#N)Cc2ccc(-c3ccc4cnn(C5CCOCC5)c4c3)cc2)C1. The Kier molecular flexibility index (Phi) is 9.09. The molecule has 2 saturated heterocycles. The number of fused-ring (bicyclic) bond motifs is 1. The Hall–Kier alpha value is -3.94. The van der Waals surface area contributed by atoms with Gasteiger partial charge in [-0.3, -0.25) is 9.48 Å². The highest BCUT2D eigenvalue weighted by molar-refractivity contribution is 5.85. The van der Waals surface area contributed by atoms with E-state index in [1.165, 1.54) is 4.90 Å². The molecular formula is C32H39N5O5. The third-order valence-electron chi connectivity index (χ3n) is 7.56. The van der Waals surface area contributed by atoms with Crippen molar-refractivity contribution in [1.82, 2.24) is 20.0 Å². The highest BCUT2D eigenvalue weighted by atomic mass is 16.6. The van der Waals surface area contributed by atoms with E-state index in [4.69, 9.17) is 14.2 Å². The van der Waals surface area contributed by atoms with Gasteiger partial charge in [-0.1, -0.05) is 36.4 Å². The van der Waals surface area contributed by atoms with Gasteiger partial charge in [-0.2, -0.15) is 10.4 Å². The number of nitrogens with one attached hydrogen (secondary N) is 1. The van der Waals surface area contributed by atoms with Gasteiger partial charge in [0.15, 0.2) is 6.10 Å². The highest BCUT2D eigenvalue weighted by Gasteiger charge is 2.31. The zero-order chi connectivity index (χ0) is 29.7. The first-order valence-corrected chi connectivity index (χ1v) is 14.6.